The third-order valence-corrected chi connectivity index (χ3v) is 2.19. The summed E-state index contributed by atoms with van der Waals surface area (Å²) < 4.78 is 5.43. The van der Waals surface area contributed by atoms with Gasteiger partial charge in [0, 0.05) is 19.1 Å². The van der Waals surface area contributed by atoms with Crippen molar-refractivity contribution in [3.8, 4) is 0 Å². The highest BCUT2D eigenvalue weighted by Crippen LogP contribution is 2.08. The van der Waals surface area contributed by atoms with Gasteiger partial charge in [-0.25, -0.2) is 0 Å². The first-order valence-corrected chi connectivity index (χ1v) is 4.22. The van der Waals surface area contributed by atoms with Gasteiger partial charge >= 0.3 is 0 Å². The van der Waals surface area contributed by atoms with Crippen molar-refractivity contribution in [1.29, 1.82) is 0 Å². The lowest BCUT2D eigenvalue weighted by Gasteiger charge is -2.34. The molecule has 11 heavy (non-hydrogen) atoms. The Balaban J connectivity index is 2.38. The van der Waals surface area contributed by atoms with Gasteiger partial charge in [-0.2, -0.15) is 0 Å². The van der Waals surface area contributed by atoms with Crippen molar-refractivity contribution >= 4 is 0 Å². The van der Waals surface area contributed by atoms with E-state index >= 15 is 0 Å². The Hall–Kier alpha value is -0.340. The zero-order valence-corrected chi connectivity index (χ0v) is 7.42. The molecule has 0 unspecified atom stereocenters. The quantitative estimate of drug-likeness (QED) is 0.557. The van der Waals surface area contributed by atoms with Gasteiger partial charge in [-0.15, -0.1) is 6.58 Å². The summed E-state index contributed by atoms with van der Waals surface area (Å²) in [7, 11) is 0. The van der Waals surface area contributed by atoms with E-state index in [0.717, 1.165) is 19.7 Å². The van der Waals surface area contributed by atoms with Crippen molar-refractivity contribution in [2.75, 3.05) is 19.7 Å². The topological polar surface area (TPSA) is 12.5 Å². The van der Waals surface area contributed by atoms with E-state index in [4.69, 9.17) is 4.74 Å². The third-order valence-electron chi connectivity index (χ3n) is 2.19. The van der Waals surface area contributed by atoms with E-state index in [-0.39, 0.29) is 0 Å². The molecule has 0 aromatic rings. The summed E-state index contributed by atoms with van der Waals surface area (Å²) in [6.45, 7) is 11.0. The molecule has 1 fully saturated rings. The fourth-order valence-electron chi connectivity index (χ4n) is 1.36. The summed E-state index contributed by atoms with van der Waals surface area (Å²) in [4.78, 5) is 2.39. The van der Waals surface area contributed by atoms with Gasteiger partial charge in [-0.05, 0) is 13.8 Å². The van der Waals surface area contributed by atoms with Crippen LogP contribution < -0.4 is 0 Å². The Morgan fingerprint density at radius 1 is 1.73 bits per heavy atom. The van der Waals surface area contributed by atoms with Crippen molar-refractivity contribution in [2.24, 2.45) is 0 Å². The molecule has 0 aliphatic carbocycles. The van der Waals surface area contributed by atoms with Crippen LogP contribution in [0.5, 0.6) is 0 Å². The lowest BCUT2D eigenvalue weighted by Crippen LogP contribution is -2.44. The van der Waals surface area contributed by atoms with Gasteiger partial charge in [0.05, 0.1) is 12.7 Å². The average Bonchev–Trinajstić information content (AvgIpc) is 2.03. The van der Waals surface area contributed by atoms with Crippen LogP contribution in [0.25, 0.3) is 0 Å². The average molecular weight is 155 g/mol. The Morgan fingerprint density at radius 2 is 2.45 bits per heavy atom. The van der Waals surface area contributed by atoms with Gasteiger partial charge in [0.1, 0.15) is 0 Å². The fraction of sp³-hybridized carbons (Fsp3) is 0.778. The minimum atomic E-state index is 0.381. The molecule has 0 N–H and O–H groups in total. The maximum absolute atomic E-state index is 5.43. The largest absolute Gasteiger partial charge is 0.376 e. The smallest absolute Gasteiger partial charge is 0.0674 e. The van der Waals surface area contributed by atoms with Crippen LogP contribution >= 0.6 is 0 Å². The van der Waals surface area contributed by atoms with E-state index < -0.39 is 0 Å². The van der Waals surface area contributed by atoms with Crippen LogP contribution in [0.15, 0.2) is 12.7 Å². The van der Waals surface area contributed by atoms with E-state index in [1.165, 1.54) is 0 Å². The number of hydrogen-bond donors (Lipinski definition) is 0. The molecule has 1 saturated heterocycles. The molecule has 0 aromatic heterocycles. The molecule has 0 bridgehead atoms. The number of hydrogen-bond acceptors (Lipinski definition) is 2. The molecule has 0 radical (unpaired) electrons. The monoisotopic (exact) mass is 155 g/mol. The fourth-order valence-corrected chi connectivity index (χ4v) is 1.36. The van der Waals surface area contributed by atoms with Crippen molar-refractivity contribution in [3.05, 3.63) is 12.7 Å². The number of morpholine rings is 1. The summed E-state index contributed by atoms with van der Waals surface area (Å²) in [5.41, 5.74) is 0. The molecule has 0 saturated carbocycles. The molecule has 1 aliphatic heterocycles. The second-order valence-corrected chi connectivity index (χ2v) is 3.15. The molecule has 1 aliphatic rings. The molecule has 0 amide bonds. The lowest BCUT2D eigenvalue weighted by atomic mass is 10.2. The summed E-state index contributed by atoms with van der Waals surface area (Å²) in [5.74, 6) is 0. The van der Waals surface area contributed by atoms with Crippen molar-refractivity contribution in [1.82, 2.24) is 4.90 Å². The second kappa shape index (κ2) is 3.88. The molecule has 2 atom stereocenters. The highest BCUT2D eigenvalue weighted by atomic mass is 16.5. The number of rotatable bonds is 2. The van der Waals surface area contributed by atoms with Crippen LogP contribution in [0.2, 0.25) is 0 Å². The standard InChI is InChI=1S/C9H17NO/c1-4-8(2)10-5-6-11-9(3)7-10/h4,8-9H,1,5-7H2,2-3H3/t8-,9+/m0/s1. The molecule has 1 heterocycles. The second-order valence-electron chi connectivity index (χ2n) is 3.15. The van der Waals surface area contributed by atoms with Gasteiger partial charge in [0.25, 0.3) is 0 Å². The van der Waals surface area contributed by atoms with Crippen molar-refractivity contribution in [3.63, 3.8) is 0 Å². The highest BCUT2D eigenvalue weighted by Gasteiger charge is 2.18. The zero-order valence-electron chi connectivity index (χ0n) is 7.42. The normalized spacial score (nSPS) is 29.8. The van der Waals surface area contributed by atoms with E-state index in [0.29, 0.717) is 12.1 Å². The molecule has 64 valence electrons. The van der Waals surface area contributed by atoms with E-state index in [1.807, 2.05) is 6.08 Å². The predicted molar refractivity (Wildman–Crippen MR) is 46.6 cm³/mol. The minimum Gasteiger partial charge on any atom is -0.376 e. The van der Waals surface area contributed by atoms with Gasteiger partial charge in [-0.3, -0.25) is 4.90 Å². The lowest BCUT2D eigenvalue weighted by molar-refractivity contribution is -0.0252. The minimum absolute atomic E-state index is 0.381. The van der Waals surface area contributed by atoms with E-state index in [1.54, 1.807) is 0 Å². The summed E-state index contributed by atoms with van der Waals surface area (Å²) in [6, 6.07) is 0.487. The SMILES string of the molecule is C=C[C@H](C)N1CCO[C@H](C)C1. The van der Waals surface area contributed by atoms with Gasteiger partial charge in [-0.1, -0.05) is 6.08 Å². The van der Waals surface area contributed by atoms with Crippen LogP contribution in [0.3, 0.4) is 0 Å². The molecular weight excluding hydrogens is 138 g/mol. The first-order chi connectivity index (χ1) is 5.24. The van der Waals surface area contributed by atoms with Crippen LogP contribution in [0.1, 0.15) is 13.8 Å². The van der Waals surface area contributed by atoms with E-state index in [2.05, 4.69) is 25.3 Å². The summed E-state index contributed by atoms with van der Waals surface area (Å²) in [6.07, 6.45) is 2.36. The maximum atomic E-state index is 5.43. The van der Waals surface area contributed by atoms with Crippen LogP contribution in [0, 0.1) is 0 Å². The molecule has 0 aromatic carbocycles. The Labute approximate surface area is 68.8 Å². The Bertz CT molecular complexity index is 136. The molecule has 0 spiro atoms. The first-order valence-electron chi connectivity index (χ1n) is 4.22. The predicted octanol–water partition coefficient (Wildman–Crippen LogP) is 1.28. The van der Waals surface area contributed by atoms with E-state index in [9.17, 15) is 0 Å². The van der Waals surface area contributed by atoms with Gasteiger partial charge in [0.15, 0.2) is 0 Å². The number of nitrogens with zero attached hydrogens (tertiary/aromatic N) is 1. The third kappa shape index (κ3) is 2.31. The van der Waals surface area contributed by atoms with Gasteiger partial charge in [0.2, 0.25) is 0 Å². The van der Waals surface area contributed by atoms with Crippen LogP contribution in [-0.4, -0.2) is 36.7 Å². The van der Waals surface area contributed by atoms with Crippen molar-refractivity contribution in [2.45, 2.75) is 26.0 Å². The highest BCUT2D eigenvalue weighted by molar-refractivity contribution is 4.86. The maximum Gasteiger partial charge on any atom is 0.0674 e. The Morgan fingerprint density at radius 3 is 3.00 bits per heavy atom. The Kier molecular flexibility index (Phi) is 3.09. The summed E-state index contributed by atoms with van der Waals surface area (Å²) in [5, 5.41) is 0. The first kappa shape index (κ1) is 8.75. The van der Waals surface area contributed by atoms with Crippen LogP contribution in [0.4, 0.5) is 0 Å². The zero-order chi connectivity index (χ0) is 8.27. The molecular formula is C9H17NO. The number of ether oxygens (including phenoxy) is 1. The van der Waals surface area contributed by atoms with Crippen LogP contribution in [-0.2, 0) is 4.74 Å². The molecule has 1 rings (SSSR count). The molecule has 2 nitrogen and oxygen atoms in total. The summed E-state index contributed by atoms with van der Waals surface area (Å²) >= 11 is 0. The van der Waals surface area contributed by atoms with Gasteiger partial charge < -0.3 is 4.74 Å². The molecule has 2 heteroatoms. The van der Waals surface area contributed by atoms with Crippen molar-refractivity contribution < 1.29 is 4.74 Å².